The lowest BCUT2D eigenvalue weighted by atomic mass is 10.9. The van der Waals surface area contributed by atoms with Crippen LogP contribution in [0.3, 0.4) is 0 Å². The molecular weight excluding hydrogens is 170 g/mol. The van der Waals surface area contributed by atoms with E-state index in [0.717, 1.165) is 15.2 Å². The average molecular weight is 185 g/mol. The minimum atomic E-state index is 0. The summed E-state index contributed by atoms with van der Waals surface area (Å²) in [5, 5.41) is 2.85. The lowest BCUT2D eigenvalue weighted by Crippen LogP contribution is -1.76. The molecule has 0 bridgehead atoms. The fourth-order valence-electron chi connectivity index (χ4n) is 0.289. The molecule has 0 fully saturated rings. The first-order valence-electron chi connectivity index (χ1n) is 2.23. The van der Waals surface area contributed by atoms with Crippen molar-refractivity contribution in [3.05, 3.63) is 0 Å². The largest absolute Gasteiger partial charge is 0.269 e. The van der Waals surface area contributed by atoms with Crippen molar-refractivity contribution in [1.82, 2.24) is 0 Å². The molecule has 69 valence electrons. The van der Waals surface area contributed by atoms with Gasteiger partial charge in [-0.2, -0.15) is 0 Å². The van der Waals surface area contributed by atoms with Crippen molar-refractivity contribution in [1.29, 1.82) is 0 Å². The number of halogens is 5. The molecule has 0 saturated carbocycles. The molecular formula is C4H15AlF5. The van der Waals surface area contributed by atoms with E-state index in [0.29, 0.717) is 0 Å². The summed E-state index contributed by atoms with van der Waals surface area (Å²) in [5.41, 5.74) is 0. The van der Waals surface area contributed by atoms with Gasteiger partial charge in [0.2, 0.25) is 0 Å². The second kappa shape index (κ2) is 60.7. The molecule has 0 aromatic carbocycles. The van der Waals surface area contributed by atoms with E-state index < -0.39 is 0 Å². The van der Waals surface area contributed by atoms with Crippen molar-refractivity contribution in [3.8, 4) is 0 Å². The Morgan fingerprint density at radius 3 is 0.900 bits per heavy atom. The highest BCUT2D eigenvalue weighted by Gasteiger charge is 1.74. The molecule has 0 aliphatic rings. The van der Waals surface area contributed by atoms with Gasteiger partial charge in [0, 0.05) is 0 Å². The highest BCUT2D eigenvalue weighted by atomic mass is 27.1. The van der Waals surface area contributed by atoms with Crippen molar-refractivity contribution in [2.75, 3.05) is 0 Å². The molecule has 0 aliphatic heterocycles. The van der Waals surface area contributed by atoms with E-state index in [2.05, 4.69) is 13.8 Å². The van der Waals surface area contributed by atoms with Gasteiger partial charge in [0.25, 0.3) is 0 Å². The zero-order chi connectivity index (χ0) is 4.12. The Morgan fingerprint density at radius 1 is 0.700 bits per heavy atom. The van der Waals surface area contributed by atoms with Crippen molar-refractivity contribution < 1.29 is 23.5 Å². The number of hydrogen-bond acceptors (Lipinski definition) is 0. The van der Waals surface area contributed by atoms with Gasteiger partial charge in [0.15, 0.2) is 15.2 Å². The van der Waals surface area contributed by atoms with Gasteiger partial charge in [0.1, 0.15) is 0 Å². The van der Waals surface area contributed by atoms with E-state index in [1.54, 1.807) is 0 Å². The lowest BCUT2D eigenvalue weighted by molar-refractivity contribution is 1.11. The van der Waals surface area contributed by atoms with Gasteiger partial charge in [-0.1, -0.05) is 13.8 Å². The van der Waals surface area contributed by atoms with Crippen LogP contribution in [-0.4, -0.2) is 15.2 Å². The molecule has 1 radical (unpaired) electrons. The van der Waals surface area contributed by atoms with Crippen LogP contribution in [0.2, 0.25) is 10.6 Å². The molecule has 0 nitrogen and oxygen atoms in total. The van der Waals surface area contributed by atoms with Crippen LogP contribution in [0.15, 0.2) is 0 Å². The van der Waals surface area contributed by atoms with E-state index in [1.807, 2.05) is 0 Å². The fourth-order valence-corrected chi connectivity index (χ4v) is 0.866. The molecule has 10 heavy (non-hydrogen) atoms. The Balaban J connectivity index is -0.00000000800. The third-order valence-corrected chi connectivity index (χ3v) is 1.73. The van der Waals surface area contributed by atoms with Crippen LogP contribution in [-0.2, 0) is 0 Å². The maximum Gasteiger partial charge on any atom is 0.198 e. The minimum Gasteiger partial charge on any atom is -0.269 e. The standard InChI is InChI=1S/2C2H5.Al.5FH/c2*1-2;;;;;;/h2*1H2,2H3;;5*1H. The van der Waals surface area contributed by atoms with Crippen molar-refractivity contribution in [3.63, 3.8) is 0 Å². The summed E-state index contributed by atoms with van der Waals surface area (Å²) < 4.78 is 0. The predicted octanol–water partition coefficient (Wildman–Crippen LogP) is 2.33. The molecule has 0 heterocycles. The predicted molar refractivity (Wildman–Crippen MR) is 39.2 cm³/mol. The third-order valence-electron chi connectivity index (χ3n) is 0.577. The van der Waals surface area contributed by atoms with Crippen LogP contribution < -0.4 is 0 Å². The fraction of sp³-hybridized carbons (Fsp3) is 1.00. The highest BCUT2D eigenvalue weighted by molar-refractivity contribution is 6.34. The second-order valence-electron chi connectivity index (χ2n) is 1.11. The molecule has 0 aliphatic carbocycles. The molecule has 0 N–H and O–H groups in total. The van der Waals surface area contributed by atoms with Gasteiger partial charge in [-0.15, -0.1) is 10.6 Å². The molecule has 6 heteroatoms. The first-order valence-corrected chi connectivity index (χ1v) is 3.86. The minimum absolute atomic E-state index is 0. The van der Waals surface area contributed by atoms with Crippen LogP contribution in [0.25, 0.3) is 0 Å². The third kappa shape index (κ3) is 88.6. The van der Waals surface area contributed by atoms with Crippen LogP contribution >= 0.6 is 0 Å². The second-order valence-corrected chi connectivity index (χ2v) is 3.32. The van der Waals surface area contributed by atoms with Crippen molar-refractivity contribution in [2.45, 2.75) is 24.4 Å². The lowest BCUT2D eigenvalue weighted by Gasteiger charge is -1.74. The number of rotatable bonds is 2. The van der Waals surface area contributed by atoms with Crippen LogP contribution in [0.4, 0.5) is 23.5 Å². The summed E-state index contributed by atoms with van der Waals surface area (Å²) in [7, 11) is 0. The summed E-state index contributed by atoms with van der Waals surface area (Å²) in [6.45, 7) is 4.50. The van der Waals surface area contributed by atoms with Crippen LogP contribution in [0.1, 0.15) is 13.8 Å². The quantitative estimate of drug-likeness (QED) is 0.457. The highest BCUT2D eigenvalue weighted by Crippen LogP contribution is 1.77. The smallest absolute Gasteiger partial charge is 0.198 e. The van der Waals surface area contributed by atoms with E-state index in [1.165, 1.54) is 10.6 Å². The monoisotopic (exact) mass is 185 g/mol. The molecule has 0 amide bonds. The van der Waals surface area contributed by atoms with Gasteiger partial charge in [-0.3, -0.25) is 23.5 Å². The van der Waals surface area contributed by atoms with E-state index >= 15 is 0 Å². The SMILES string of the molecule is C[CH2][Al][CH2]C.F.F.F.F.F. The Morgan fingerprint density at radius 2 is 0.900 bits per heavy atom. The number of hydrogen-bond donors (Lipinski definition) is 0. The van der Waals surface area contributed by atoms with Crippen molar-refractivity contribution in [2.24, 2.45) is 0 Å². The Bertz CT molecular complexity index is 21.1. The maximum atomic E-state index is 2.25. The van der Waals surface area contributed by atoms with Gasteiger partial charge in [-0.05, 0) is 0 Å². The maximum absolute atomic E-state index is 2.25. The Labute approximate surface area is 63.9 Å². The molecule has 0 rings (SSSR count). The summed E-state index contributed by atoms with van der Waals surface area (Å²) in [4.78, 5) is 0. The normalized spacial score (nSPS) is 3.80. The van der Waals surface area contributed by atoms with E-state index in [4.69, 9.17) is 0 Å². The molecule has 0 aromatic rings. The first kappa shape index (κ1) is 49.1. The summed E-state index contributed by atoms with van der Waals surface area (Å²) in [5.74, 6) is 0. The Kier molecular flexibility index (Phi) is 298. The molecule has 0 saturated heterocycles. The van der Waals surface area contributed by atoms with Crippen LogP contribution in [0.5, 0.6) is 0 Å². The van der Waals surface area contributed by atoms with Crippen LogP contribution in [0, 0.1) is 0 Å². The molecule has 0 unspecified atom stereocenters. The zero-order valence-corrected chi connectivity index (χ0v) is 7.19. The van der Waals surface area contributed by atoms with E-state index in [9.17, 15) is 0 Å². The van der Waals surface area contributed by atoms with Gasteiger partial charge >= 0.3 is 0 Å². The zero-order valence-electron chi connectivity index (χ0n) is 6.03. The summed E-state index contributed by atoms with van der Waals surface area (Å²) in [6.07, 6.45) is 0. The van der Waals surface area contributed by atoms with Gasteiger partial charge < -0.3 is 0 Å². The Hall–Kier alpha value is 0.182. The average Bonchev–Trinajstić information content (AvgIpc) is 1.41. The summed E-state index contributed by atoms with van der Waals surface area (Å²) >= 11 is 0.815. The summed E-state index contributed by atoms with van der Waals surface area (Å²) in [6, 6.07) is 0. The molecule has 0 spiro atoms. The van der Waals surface area contributed by atoms with E-state index in [-0.39, 0.29) is 23.5 Å². The molecule has 0 aromatic heterocycles. The first-order chi connectivity index (χ1) is 2.41. The topological polar surface area (TPSA) is 0 Å². The van der Waals surface area contributed by atoms with Crippen molar-refractivity contribution >= 4 is 15.2 Å². The van der Waals surface area contributed by atoms with Gasteiger partial charge in [-0.25, -0.2) is 0 Å². The van der Waals surface area contributed by atoms with Gasteiger partial charge in [0.05, 0.1) is 0 Å². The molecule has 0 atom stereocenters.